The summed E-state index contributed by atoms with van der Waals surface area (Å²) in [7, 11) is 0. The normalized spacial score (nSPS) is 10.6. The standard InChI is InChI=1S/C8H5Cl2NO2/c9-7-2-1-6(8(10)5-7)3-4-11(12)13/h1-5H/b4-3-. The Morgan fingerprint density at radius 2 is 2.08 bits per heavy atom. The van der Waals surface area contributed by atoms with E-state index in [0.29, 0.717) is 15.6 Å². The predicted octanol–water partition coefficient (Wildman–Crippen LogP) is 3.24. The molecule has 1 aromatic rings. The lowest BCUT2D eigenvalue weighted by Gasteiger charge is -1.96. The molecule has 5 heteroatoms. The Labute approximate surface area is 84.7 Å². The van der Waals surface area contributed by atoms with Gasteiger partial charge >= 0.3 is 0 Å². The van der Waals surface area contributed by atoms with E-state index in [1.807, 2.05) is 0 Å². The molecule has 0 fully saturated rings. The van der Waals surface area contributed by atoms with Gasteiger partial charge in [0.25, 0.3) is 0 Å². The minimum Gasteiger partial charge on any atom is -0.259 e. The van der Waals surface area contributed by atoms with E-state index >= 15 is 0 Å². The molecular formula is C8H5Cl2NO2. The molecule has 13 heavy (non-hydrogen) atoms. The van der Waals surface area contributed by atoms with Gasteiger partial charge < -0.3 is 0 Å². The molecule has 0 aliphatic rings. The molecular weight excluding hydrogens is 213 g/mol. The molecule has 0 spiro atoms. The number of halogens is 2. The molecule has 0 aliphatic heterocycles. The van der Waals surface area contributed by atoms with Crippen LogP contribution in [0.2, 0.25) is 10.0 Å². The van der Waals surface area contributed by atoms with Crippen molar-refractivity contribution >= 4 is 29.3 Å². The Morgan fingerprint density at radius 3 is 2.62 bits per heavy atom. The first-order chi connectivity index (χ1) is 6.09. The molecule has 68 valence electrons. The molecule has 1 rings (SSSR count). The monoisotopic (exact) mass is 217 g/mol. The van der Waals surface area contributed by atoms with E-state index in [1.165, 1.54) is 12.1 Å². The summed E-state index contributed by atoms with van der Waals surface area (Å²) >= 11 is 11.4. The molecule has 0 unspecified atom stereocenters. The van der Waals surface area contributed by atoms with E-state index in [9.17, 15) is 10.1 Å². The van der Waals surface area contributed by atoms with Gasteiger partial charge in [-0.1, -0.05) is 29.3 Å². The van der Waals surface area contributed by atoms with Crippen LogP contribution in [-0.2, 0) is 0 Å². The largest absolute Gasteiger partial charge is 0.259 e. The summed E-state index contributed by atoms with van der Waals surface area (Å²) in [5.74, 6) is 0. The summed E-state index contributed by atoms with van der Waals surface area (Å²) in [6, 6.07) is 4.76. The summed E-state index contributed by atoms with van der Waals surface area (Å²) < 4.78 is 0. The Morgan fingerprint density at radius 1 is 1.38 bits per heavy atom. The van der Waals surface area contributed by atoms with Crippen molar-refractivity contribution in [3.8, 4) is 0 Å². The first-order valence-electron chi connectivity index (χ1n) is 3.36. The van der Waals surface area contributed by atoms with Crippen molar-refractivity contribution in [2.45, 2.75) is 0 Å². The third-order valence-electron chi connectivity index (χ3n) is 1.34. The minimum atomic E-state index is -0.551. The van der Waals surface area contributed by atoms with Crippen molar-refractivity contribution in [3.63, 3.8) is 0 Å². The lowest BCUT2D eigenvalue weighted by atomic mass is 10.2. The highest BCUT2D eigenvalue weighted by molar-refractivity contribution is 6.35. The summed E-state index contributed by atoms with van der Waals surface area (Å²) in [4.78, 5) is 9.45. The van der Waals surface area contributed by atoms with Crippen LogP contribution in [0, 0.1) is 10.1 Å². The number of benzene rings is 1. The zero-order valence-corrected chi connectivity index (χ0v) is 7.92. The molecule has 0 N–H and O–H groups in total. The minimum absolute atomic E-state index is 0.394. The Balaban J connectivity index is 2.96. The van der Waals surface area contributed by atoms with Crippen LogP contribution in [0.25, 0.3) is 6.08 Å². The molecule has 3 nitrogen and oxygen atoms in total. The summed E-state index contributed by atoms with van der Waals surface area (Å²) in [5, 5.41) is 10.9. The lowest BCUT2D eigenvalue weighted by Crippen LogP contribution is -1.83. The van der Waals surface area contributed by atoms with Crippen molar-refractivity contribution in [1.82, 2.24) is 0 Å². The molecule has 0 radical (unpaired) electrons. The number of nitrogens with zero attached hydrogens (tertiary/aromatic N) is 1. The SMILES string of the molecule is O=[N+]([O-])/C=C\c1ccc(Cl)cc1Cl. The fourth-order valence-electron chi connectivity index (χ4n) is 0.778. The first kappa shape index (κ1) is 10.0. The van der Waals surface area contributed by atoms with Crippen LogP contribution in [-0.4, -0.2) is 4.92 Å². The highest BCUT2D eigenvalue weighted by Crippen LogP contribution is 2.21. The maximum Gasteiger partial charge on any atom is 0.235 e. The van der Waals surface area contributed by atoms with Crippen LogP contribution in [0.3, 0.4) is 0 Å². The second-order valence-electron chi connectivity index (χ2n) is 2.27. The van der Waals surface area contributed by atoms with Gasteiger partial charge in [-0.05, 0) is 17.7 Å². The van der Waals surface area contributed by atoms with E-state index < -0.39 is 4.92 Å². The molecule has 0 aromatic heterocycles. The van der Waals surface area contributed by atoms with Gasteiger partial charge in [0.2, 0.25) is 6.20 Å². The molecule has 1 aromatic carbocycles. The number of nitro groups is 1. The van der Waals surface area contributed by atoms with Crippen LogP contribution < -0.4 is 0 Å². The quantitative estimate of drug-likeness (QED) is 0.564. The van der Waals surface area contributed by atoms with E-state index in [0.717, 1.165) is 6.20 Å². The molecule has 0 amide bonds. The molecule has 0 aliphatic carbocycles. The highest BCUT2D eigenvalue weighted by atomic mass is 35.5. The second-order valence-corrected chi connectivity index (χ2v) is 3.11. The molecule has 0 atom stereocenters. The van der Waals surface area contributed by atoms with Gasteiger partial charge in [-0.2, -0.15) is 0 Å². The van der Waals surface area contributed by atoms with Gasteiger partial charge in [0.05, 0.1) is 4.92 Å². The Hall–Kier alpha value is -1.06. The average molecular weight is 218 g/mol. The third kappa shape index (κ3) is 3.05. The van der Waals surface area contributed by atoms with Crippen molar-refractivity contribution < 1.29 is 4.92 Å². The fourth-order valence-corrected chi connectivity index (χ4v) is 1.25. The topological polar surface area (TPSA) is 43.1 Å². The maximum absolute atomic E-state index is 10.0. The average Bonchev–Trinajstić information content (AvgIpc) is 2.02. The third-order valence-corrected chi connectivity index (χ3v) is 1.90. The van der Waals surface area contributed by atoms with Crippen LogP contribution in [0.4, 0.5) is 0 Å². The number of hydrogen-bond acceptors (Lipinski definition) is 2. The summed E-state index contributed by atoms with van der Waals surface area (Å²) in [5.41, 5.74) is 0.572. The van der Waals surface area contributed by atoms with Crippen LogP contribution in [0.1, 0.15) is 5.56 Å². The van der Waals surface area contributed by atoms with E-state index in [1.54, 1.807) is 12.1 Å². The highest BCUT2D eigenvalue weighted by Gasteiger charge is 1.98. The summed E-state index contributed by atoms with van der Waals surface area (Å²) in [6.45, 7) is 0. The van der Waals surface area contributed by atoms with Crippen LogP contribution in [0.15, 0.2) is 24.4 Å². The van der Waals surface area contributed by atoms with E-state index in [4.69, 9.17) is 23.2 Å². The number of rotatable bonds is 2. The second kappa shape index (κ2) is 4.25. The predicted molar refractivity (Wildman–Crippen MR) is 52.5 cm³/mol. The Kier molecular flexibility index (Phi) is 3.28. The Bertz CT molecular complexity index is 363. The van der Waals surface area contributed by atoms with Gasteiger partial charge in [0.15, 0.2) is 0 Å². The van der Waals surface area contributed by atoms with Crippen LogP contribution >= 0.6 is 23.2 Å². The molecule has 0 bridgehead atoms. The zero-order valence-electron chi connectivity index (χ0n) is 6.41. The smallest absolute Gasteiger partial charge is 0.235 e. The van der Waals surface area contributed by atoms with Crippen molar-refractivity contribution in [2.75, 3.05) is 0 Å². The molecule has 0 heterocycles. The number of hydrogen-bond donors (Lipinski definition) is 0. The van der Waals surface area contributed by atoms with Gasteiger partial charge in [0.1, 0.15) is 0 Å². The maximum atomic E-state index is 10.0. The van der Waals surface area contributed by atoms with E-state index in [2.05, 4.69) is 0 Å². The first-order valence-corrected chi connectivity index (χ1v) is 4.12. The fraction of sp³-hybridized carbons (Fsp3) is 0. The van der Waals surface area contributed by atoms with Gasteiger partial charge in [0, 0.05) is 16.1 Å². The van der Waals surface area contributed by atoms with Gasteiger partial charge in [-0.25, -0.2) is 0 Å². The summed E-state index contributed by atoms with van der Waals surface area (Å²) in [6.07, 6.45) is 2.15. The van der Waals surface area contributed by atoms with Crippen LogP contribution in [0.5, 0.6) is 0 Å². The van der Waals surface area contributed by atoms with Crippen molar-refractivity contribution in [1.29, 1.82) is 0 Å². The lowest BCUT2D eigenvalue weighted by molar-refractivity contribution is -0.400. The van der Waals surface area contributed by atoms with E-state index in [-0.39, 0.29) is 0 Å². The molecule has 0 saturated heterocycles. The van der Waals surface area contributed by atoms with Gasteiger partial charge in [-0.3, -0.25) is 10.1 Å². The van der Waals surface area contributed by atoms with Crippen molar-refractivity contribution in [2.24, 2.45) is 0 Å². The molecule has 0 saturated carbocycles. The van der Waals surface area contributed by atoms with Gasteiger partial charge in [-0.15, -0.1) is 0 Å². The van der Waals surface area contributed by atoms with Crippen molar-refractivity contribution in [3.05, 3.63) is 50.1 Å². The zero-order chi connectivity index (χ0) is 9.84.